The van der Waals surface area contributed by atoms with E-state index in [1.807, 2.05) is 0 Å². The lowest BCUT2D eigenvalue weighted by Gasteiger charge is -2.15. The molecule has 0 rings (SSSR count). The molecule has 0 aromatic heterocycles. The molecule has 0 bridgehead atoms. The summed E-state index contributed by atoms with van der Waals surface area (Å²) in [5.41, 5.74) is 0. The summed E-state index contributed by atoms with van der Waals surface area (Å²) in [6, 6.07) is 0. The Morgan fingerprint density at radius 2 is 0.978 bits per heavy atom. The van der Waals surface area contributed by atoms with Crippen molar-refractivity contribution in [3.05, 3.63) is 72.9 Å². The smallest absolute Gasteiger partial charge is 0.306 e. The number of ether oxygens (including phenoxy) is 2. The van der Waals surface area contributed by atoms with Gasteiger partial charge in [-0.15, -0.1) is 0 Å². The minimum atomic E-state index is -0.542. The number of aliphatic hydroxyl groups is 1. The number of carbonyl (C=O) groups excluding carboxylic acids is 1. The highest BCUT2D eigenvalue weighted by Crippen LogP contribution is 2.11. The van der Waals surface area contributed by atoms with Crippen molar-refractivity contribution in [3.63, 3.8) is 0 Å². The third-order valence-electron chi connectivity index (χ3n) is 7.80. The van der Waals surface area contributed by atoms with E-state index in [9.17, 15) is 9.90 Å². The molecule has 46 heavy (non-hydrogen) atoms. The SMILES string of the molecule is CC/C=C\C/C=C\C/C=C\C/C=C\C/C=C\C/C=C\CCCCCCCCC(=O)OC(CO)COCCCCCCCCCCC. The van der Waals surface area contributed by atoms with E-state index >= 15 is 0 Å². The summed E-state index contributed by atoms with van der Waals surface area (Å²) < 4.78 is 11.1. The van der Waals surface area contributed by atoms with Crippen LogP contribution in [0.3, 0.4) is 0 Å². The Labute approximate surface area is 285 Å². The summed E-state index contributed by atoms with van der Waals surface area (Å²) in [6.07, 6.45) is 52.3. The number of allylic oxidation sites excluding steroid dienone is 12. The molecule has 0 aromatic rings. The molecule has 1 unspecified atom stereocenters. The van der Waals surface area contributed by atoms with Gasteiger partial charge in [0.1, 0.15) is 6.10 Å². The largest absolute Gasteiger partial charge is 0.457 e. The highest BCUT2D eigenvalue weighted by molar-refractivity contribution is 5.69. The molecule has 0 aliphatic heterocycles. The zero-order valence-electron chi connectivity index (χ0n) is 30.1. The van der Waals surface area contributed by atoms with Crippen LogP contribution in [0.1, 0.15) is 162 Å². The van der Waals surface area contributed by atoms with Gasteiger partial charge in [0.05, 0.1) is 13.2 Å². The van der Waals surface area contributed by atoms with E-state index in [4.69, 9.17) is 9.47 Å². The quantitative estimate of drug-likeness (QED) is 0.0432. The second-order valence-corrected chi connectivity index (χ2v) is 12.3. The summed E-state index contributed by atoms with van der Waals surface area (Å²) in [7, 11) is 0. The number of rotatable bonds is 34. The third kappa shape index (κ3) is 36.3. The van der Waals surface area contributed by atoms with E-state index in [0.717, 1.165) is 70.6 Å². The molecule has 264 valence electrons. The molecule has 1 atom stereocenters. The van der Waals surface area contributed by atoms with Gasteiger partial charge in [0.15, 0.2) is 0 Å². The van der Waals surface area contributed by atoms with Crippen molar-refractivity contribution in [2.45, 2.75) is 168 Å². The fraction of sp³-hybridized carbons (Fsp3) is 0.690. The molecule has 4 nitrogen and oxygen atoms in total. The first-order valence-electron chi connectivity index (χ1n) is 19.0. The molecule has 0 heterocycles. The van der Waals surface area contributed by atoms with Gasteiger partial charge in [-0.25, -0.2) is 0 Å². The number of esters is 1. The molecule has 0 spiro atoms. The lowest BCUT2D eigenvalue weighted by molar-refractivity contribution is -0.154. The first kappa shape index (κ1) is 43.8. The van der Waals surface area contributed by atoms with E-state index in [-0.39, 0.29) is 19.2 Å². The fourth-order valence-electron chi connectivity index (χ4n) is 4.98. The van der Waals surface area contributed by atoms with Crippen LogP contribution in [-0.2, 0) is 14.3 Å². The van der Waals surface area contributed by atoms with Crippen molar-refractivity contribution < 1.29 is 19.4 Å². The molecule has 0 radical (unpaired) electrons. The molecular formula is C42H72O4. The Morgan fingerprint density at radius 1 is 0.543 bits per heavy atom. The zero-order valence-corrected chi connectivity index (χ0v) is 30.1. The molecule has 0 saturated carbocycles. The van der Waals surface area contributed by atoms with Gasteiger partial charge in [0.25, 0.3) is 0 Å². The van der Waals surface area contributed by atoms with Crippen molar-refractivity contribution in [3.8, 4) is 0 Å². The van der Waals surface area contributed by atoms with Crippen LogP contribution < -0.4 is 0 Å². The normalized spacial score (nSPS) is 13.2. The van der Waals surface area contributed by atoms with Crippen LogP contribution in [0.25, 0.3) is 0 Å². The van der Waals surface area contributed by atoms with Crippen molar-refractivity contribution in [1.82, 2.24) is 0 Å². The van der Waals surface area contributed by atoms with Crippen LogP contribution in [0.5, 0.6) is 0 Å². The summed E-state index contributed by atoms with van der Waals surface area (Å²) >= 11 is 0. The second-order valence-electron chi connectivity index (χ2n) is 12.3. The number of unbranched alkanes of at least 4 members (excludes halogenated alkanes) is 14. The molecule has 0 aliphatic carbocycles. The molecule has 0 aromatic carbocycles. The van der Waals surface area contributed by atoms with Gasteiger partial charge >= 0.3 is 5.97 Å². The van der Waals surface area contributed by atoms with E-state index in [2.05, 4.69) is 86.8 Å². The number of hydrogen-bond acceptors (Lipinski definition) is 4. The maximum atomic E-state index is 12.1. The number of hydrogen-bond donors (Lipinski definition) is 1. The van der Waals surface area contributed by atoms with Crippen molar-refractivity contribution in [1.29, 1.82) is 0 Å². The molecule has 1 N–H and O–H groups in total. The van der Waals surface area contributed by atoms with Crippen LogP contribution in [-0.4, -0.2) is 37.0 Å². The third-order valence-corrected chi connectivity index (χ3v) is 7.80. The molecule has 0 amide bonds. The van der Waals surface area contributed by atoms with E-state index in [0.29, 0.717) is 13.0 Å². The summed E-state index contributed by atoms with van der Waals surface area (Å²) in [4.78, 5) is 12.1. The Bertz CT molecular complexity index is 804. The number of carbonyl (C=O) groups is 1. The van der Waals surface area contributed by atoms with E-state index in [1.54, 1.807) is 0 Å². The van der Waals surface area contributed by atoms with Crippen LogP contribution in [0.2, 0.25) is 0 Å². The lowest BCUT2D eigenvalue weighted by atomic mass is 10.1. The van der Waals surface area contributed by atoms with Gasteiger partial charge < -0.3 is 14.6 Å². The molecule has 0 saturated heterocycles. The monoisotopic (exact) mass is 641 g/mol. The van der Waals surface area contributed by atoms with Crippen LogP contribution in [0.15, 0.2) is 72.9 Å². The topological polar surface area (TPSA) is 55.8 Å². The maximum absolute atomic E-state index is 12.1. The highest BCUT2D eigenvalue weighted by atomic mass is 16.6. The van der Waals surface area contributed by atoms with Crippen LogP contribution >= 0.6 is 0 Å². The minimum absolute atomic E-state index is 0.180. The van der Waals surface area contributed by atoms with Gasteiger partial charge in [-0.05, 0) is 64.2 Å². The predicted octanol–water partition coefficient (Wildman–Crippen LogP) is 12.3. The molecule has 4 heteroatoms. The van der Waals surface area contributed by atoms with Gasteiger partial charge in [-0.2, -0.15) is 0 Å². The van der Waals surface area contributed by atoms with Gasteiger partial charge in [0, 0.05) is 13.0 Å². The minimum Gasteiger partial charge on any atom is -0.457 e. The summed E-state index contributed by atoms with van der Waals surface area (Å²) in [5, 5.41) is 9.53. The van der Waals surface area contributed by atoms with Gasteiger partial charge in [-0.1, -0.05) is 164 Å². The second kappa shape index (κ2) is 39.0. The molecule has 0 fully saturated rings. The van der Waals surface area contributed by atoms with Crippen LogP contribution in [0.4, 0.5) is 0 Å². The number of aliphatic hydroxyl groups excluding tert-OH is 1. The maximum Gasteiger partial charge on any atom is 0.306 e. The standard InChI is InChI=1S/C42H72O4/c1-3-5-7-9-11-13-14-15-16-17-18-19-20-21-22-23-24-25-26-27-28-29-31-33-35-37-42(44)46-41(39-43)40-45-38-36-34-32-30-12-10-8-6-4-2/h5,7,11,13,15-16,18-19,21-22,24-25,41,43H,3-4,6,8-10,12,14,17,20,23,26-40H2,1-2H3/b7-5-,13-11-,16-15-,19-18-,22-21-,25-24-. The van der Waals surface area contributed by atoms with Crippen molar-refractivity contribution >= 4 is 5.97 Å². The summed E-state index contributed by atoms with van der Waals surface area (Å²) in [6.45, 7) is 5.19. The lowest BCUT2D eigenvalue weighted by Crippen LogP contribution is -2.27. The Hall–Kier alpha value is -2.17. The first-order valence-corrected chi connectivity index (χ1v) is 19.0. The molecular weight excluding hydrogens is 568 g/mol. The van der Waals surface area contributed by atoms with E-state index < -0.39 is 6.10 Å². The highest BCUT2D eigenvalue weighted by Gasteiger charge is 2.13. The summed E-state index contributed by atoms with van der Waals surface area (Å²) in [5.74, 6) is -0.219. The van der Waals surface area contributed by atoms with Crippen molar-refractivity contribution in [2.75, 3.05) is 19.8 Å². The first-order chi connectivity index (χ1) is 22.7. The van der Waals surface area contributed by atoms with E-state index in [1.165, 1.54) is 70.6 Å². The average Bonchev–Trinajstić information content (AvgIpc) is 3.06. The molecule has 0 aliphatic rings. The Morgan fingerprint density at radius 3 is 1.48 bits per heavy atom. The predicted molar refractivity (Wildman–Crippen MR) is 200 cm³/mol. The Balaban J connectivity index is 3.54. The zero-order chi connectivity index (χ0) is 33.4. The van der Waals surface area contributed by atoms with Crippen molar-refractivity contribution in [2.24, 2.45) is 0 Å². The van der Waals surface area contributed by atoms with Gasteiger partial charge in [-0.3, -0.25) is 4.79 Å². The average molecular weight is 641 g/mol. The van der Waals surface area contributed by atoms with Gasteiger partial charge in [0.2, 0.25) is 0 Å². The van der Waals surface area contributed by atoms with Crippen LogP contribution in [0, 0.1) is 0 Å². The fourth-order valence-corrected chi connectivity index (χ4v) is 4.98. The Kier molecular flexibility index (Phi) is 37.2.